The van der Waals surface area contributed by atoms with Crippen LogP contribution in [0.25, 0.3) is 0 Å². The minimum Gasteiger partial charge on any atom is -1.00 e. The van der Waals surface area contributed by atoms with Crippen LogP contribution in [-0.4, -0.2) is 53.5 Å². The molecule has 0 bridgehead atoms. The van der Waals surface area contributed by atoms with Gasteiger partial charge in [-0.1, -0.05) is 11.8 Å². The summed E-state index contributed by atoms with van der Waals surface area (Å²) in [7, 11) is 1.36. The van der Waals surface area contributed by atoms with Crippen LogP contribution < -0.4 is 29.6 Å². The van der Waals surface area contributed by atoms with E-state index in [0.29, 0.717) is 11.3 Å². The molecule has 1 N–H and O–H groups in total. The number of nitrogens with zero attached hydrogens (tertiary/aromatic N) is 1. The van der Waals surface area contributed by atoms with Gasteiger partial charge in [-0.15, -0.1) is 0 Å². The Labute approximate surface area is 137 Å². The Balaban J connectivity index is 0.00000180. The fourth-order valence-electron chi connectivity index (χ4n) is 1.73. The number of esters is 1. The third-order valence-electron chi connectivity index (χ3n) is 2.52. The number of methoxy groups -OCH3 is 1. The van der Waals surface area contributed by atoms with Crippen LogP contribution in [0.4, 0.5) is 0 Å². The van der Waals surface area contributed by atoms with Crippen molar-refractivity contribution < 1.29 is 59.9 Å². The molecule has 0 aromatic heterocycles. The zero-order chi connectivity index (χ0) is 13.3. The van der Waals surface area contributed by atoms with Crippen LogP contribution in [0, 0.1) is 0 Å². The SMILES string of the molecule is COCC(=O)OCC1=C(C(=O)O)N2C(=O)C[C@H]2S1.[H-].[Na+]. The Morgan fingerprint density at radius 2 is 2.26 bits per heavy atom. The van der Waals surface area contributed by atoms with Crippen molar-refractivity contribution in [3.63, 3.8) is 0 Å². The number of rotatable bonds is 5. The van der Waals surface area contributed by atoms with Gasteiger partial charge in [-0.05, 0) is 0 Å². The average Bonchev–Trinajstić information content (AvgIpc) is 2.59. The normalized spacial score (nSPS) is 20.6. The van der Waals surface area contributed by atoms with Crippen molar-refractivity contribution in [1.29, 1.82) is 0 Å². The van der Waals surface area contributed by atoms with Crippen LogP contribution in [0.15, 0.2) is 10.6 Å². The van der Waals surface area contributed by atoms with E-state index in [2.05, 4.69) is 4.74 Å². The van der Waals surface area contributed by atoms with E-state index in [1.165, 1.54) is 23.8 Å². The Hall–Kier alpha value is -0.540. The van der Waals surface area contributed by atoms with Crippen LogP contribution in [0.2, 0.25) is 0 Å². The Morgan fingerprint density at radius 3 is 2.79 bits per heavy atom. The standard InChI is InChI=1S/C10H11NO6S.Na.H/c1-16-4-8(13)17-3-5-9(10(14)15)11-6(12)2-7(11)18-5;;/h7H,2-4H2,1H3,(H,14,15);;/q;+1;-1/t7-;;/m1../s1. The molecule has 0 radical (unpaired) electrons. The molecule has 0 aromatic carbocycles. The number of carbonyl (C=O) groups excluding carboxylic acids is 2. The minimum absolute atomic E-state index is 0. The van der Waals surface area contributed by atoms with Gasteiger partial charge in [0.15, 0.2) is 0 Å². The number of amides is 1. The molecule has 2 rings (SSSR count). The molecule has 0 saturated carbocycles. The van der Waals surface area contributed by atoms with Crippen molar-refractivity contribution in [3.8, 4) is 0 Å². The van der Waals surface area contributed by atoms with E-state index in [1.54, 1.807) is 0 Å². The second-order valence-corrected chi connectivity index (χ2v) is 4.98. The first-order valence-corrected chi connectivity index (χ1v) is 6.02. The van der Waals surface area contributed by atoms with Crippen molar-refractivity contribution >= 4 is 29.6 Å². The number of carboxylic acids is 1. The molecule has 1 saturated heterocycles. The predicted octanol–water partition coefficient (Wildman–Crippen LogP) is -3.11. The largest absolute Gasteiger partial charge is 1.00 e. The summed E-state index contributed by atoms with van der Waals surface area (Å²) in [6, 6.07) is 0. The van der Waals surface area contributed by atoms with Gasteiger partial charge in [0, 0.05) is 7.11 Å². The number of thioether (sulfide) groups is 1. The summed E-state index contributed by atoms with van der Waals surface area (Å²) >= 11 is 1.25. The number of aliphatic carboxylic acids is 1. The molecule has 19 heavy (non-hydrogen) atoms. The van der Waals surface area contributed by atoms with Crippen LogP contribution in [0.5, 0.6) is 0 Å². The van der Waals surface area contributed by atoms with Crippen molar-refractivity contribution in [3.05, 3.63) is 10.6 Å². The van der Waals surface area contributed by atoms with E-state index < -0.39 is 11.9 Å². The van der Waals surface area contributed by atoms with Gasteiger partial charge in [0.25, 0.3) is 0 Å². The molecule has 7 nitrogen and oxygen atoms in total. The van der Waals surface area contributed by atoms with Gasteiger partial charge >= 0.3 is 41.5 Å². The molecular weight excluding hydrogens is 285 g/mol. The summed E-state index contributed by atoms with van der Waals surface area (Å²) in [6.07, 6.45) is 0.316. The van der Waals surface area contributed by atoms with Gasteiger partial charge in [0.1, 0.15) is 18.9 Å². The molecule has 9 heteroatoms. The molecule has 0 aromatic rings. The Morgan fingerprint density at radius 1 is 1.58 bits per heavy atom. The molecule has 1 fully saturated rings. The van der Waals surface area contributed by atoms with Crippen LogP contribution >= 0.6 is 11.8 Å². The average molecular weight is 297 g/mol. The smallest absolute Gasteiger partial charge is 1.00 e. The van der Waals surface area contributed by atoms with E-state index in [-0.39, 0.29) is 61.2 Å². The van der Waals surface area contributed by atoms with Gasteiger partial charge in [-0.25, -0.2) is 9.59 Å². The number of β-lactam (4-membered cyclic amide) rings is 1. The van der Waals surface area contributed by atoms with Gasteiger partial charge in [-0.2, -0.15) is 0 Å². The first-order valence-electron chi connectivity index (χ1n) is 5.14. The first kappa shape index (κ1) is 16.5. The molecule has 1 atom stereocenters. The molecule has 2 aliphatic rings. The molecule has 2 heterocycles. The van der Waals surface area contributed by atoms with Crippen molar-refractivity contribution in [2.75, 3.05) is 20.3 Å². The van der Waals surface area contributed by atoms with Gasteiger partial charge in [0.2, 0.25) is 5.91 Å². The summed E-state index contributed by atoms with van der Waals surface area (Å²) in [5.41, 5.74) is -0.0773. The third-order valence-corrected chi connectivity index (χ3v) is 3.76. The second-order valence-electron chi connectivity index (χ2n) is 3.71. The predicted molar refractivity (Wildman–Crippen MR) is 61.5 cm³/mol. The number of carbonyl (C=O) groups is 3. The van der Waals surface area contributed by atoms with Gasteiger partial charge < -0.3 is 16.0 Å². The quantitative estimate of drug-likeness (QED) is 0.326. The Kier molecular flexibility index (Phi) is 5.87. The maximum atomic E-state index is 11.3. The zero-order valence-corrected chi connectivity index (χ0v) is 13.4. The fourth-order valence-corrected chi connectivity index (χ4v) is 3.04. The maximum Gasteiger partial charge on any atom is 1.00 e. The van der Waals surface area contributed by atoms with Crippen LogP contribution in [-0.2, 0) is 23.9 Å². The monoisotopic (exact) mass is 297 g/mol. The number of ether oxygens (including phenoxy) is 2. The molecule has 100 valence electrons. The first-order chi connectivity index (χ1) is 8.54. The third kappa shape index (κ3) is 3.32. The fraction of sp³-hybridized carbons (Fsp3) is 0.500. The number of hydrogen-bond acceptors (Lipinski definition) is 6. The van der Waals surface area contributed by atoms with Gasteiger partial charge in [-0.3, -0.25) is 9.69 Å². The van der Waals surface area contributed by atoms with Crippen LogP contribution in [0.3, 0.4) is 0 Å². The van der Waals surface area contributed by atoms with E-state index >= 15 is 0 Å². The molecule has 2 aliphatic heterocycles. The van der Waals surface area contributed by atoms with E-state index in [1.807, 2.05) is 0 Å². The van der Waals surface area contributed by atoms with E-state index in [4.69, 9.17) is 9.84 Å². The van der Waals surface area contributed by atoms with Crippen LogP contribution in [0.1, 0.15) is 7.85 Å². The molecule has 0 aliphatic carbocycles. The van der Waals surface area contributed by atoms with E-state index in [0.717, 1.165) is 0 Å². The minimum atomic E-state index is -1.18. The topological polar surface area (TPSA) is 93.1 Å². The molecule has 0 spiro atoms. The van der Waals surface area contributed by atoms with Gasteiger partial charge in [0.05, 0.1) is 16.7 Å². The summed E-state index contributed by atoms with van der Waals surface area (Å²) in [4.78, 5) is 35.1. The summed E-state index contributed by atoms with van der Waals surface area (Å²) in [5.74, 6) is -1.98. The number of fused-ring (bicyclic) bond motifs is 1. The summed E-state index contributed by atoms with van der Waals surface area (Å²) in [6.45, 7) is -0.332. The summed E-state index contributed by atoms with van der Waals surface area (Å²) < 4.78 is 9.45. The second kappa shape index (κ2) is 6.76. The summed E-state index contributed by atoms with van der Waals surface area (Å²) in [5, 5.41) is 8.89. The Bertz CT molecular complexity index is 457. The van der Waals surface area contributed by atoms with Crippen molar-refractivity contribution in [2.45, 2.75) is 11.8 Å². The zero-order valence-electron chi connectivity index (χ0n) is 11.5. The van der Waals surface area contributed by atoms with E-state index in [9.17, 15) is 14.4 Å². The number of carboxylic acid groups (broad SMARTS) is 1. The molecular formula is C10H12NNaO6S. The van der Waals surface area contributed by atoms with Crippen molar-refractivity contribution in [2.24, 2.45) is 0 Å². The molecule has 1 amide bonds. The number of hydrogen-bond donors (Lipinski definition) is 1. The van der Waals surface area contributed by atoms with Crippen molar-refractivity contribution in [1.82, 2.24) is 4.90 Å². The molecule has 0 unspecified atom stereocenters. The maximum absolute atomic E-state index is 11.3.